The van der Waals surface area contributed by atoms with Crippen LogP contribution in [0.15, 0.2) is 30.6 Å². The first-order valence-corrected chi connectivity index (χ1v) is 5.95. The summed E-state index contributed by atoms with van der Waals surface area (Å²) in [6, 6.07) is 6.69. The molecule has 0 spiro atoms. The van der Waals surface area contributed by atoms with Crippen LogP contribution >= 0.6 is 0 Å². The average Bonchev–Trinajstić information content (AvgIpc) is 2.44. The van der Waals surface area contributed by atoms with Gasteiger partial charge in [-0.1, -0.05) is 12.1 Å². The SMILES string of the molecule is CNC(c1ccc(C)c(F)c1)c1cc(OC)ncn1. The van der Waals surface area contributed by atoms with Gasteiger partial charge in [0, 0.05) is 6.07 Å². The van der Waals surface area contributed by atoms with Crippen LogP contribution in [-0.4, -0.2) is 24.1 Å². The summed E-state index contributed by atoms with van der Waals surface area (Å²) >= 11 is 0. The Morgan fingerprint density at radius 1 is 1.26 bits per heavy atom. The largest absolute Gasteiger partial charge is 0.481 e. The number of benzene rings is 1. The van der Waals surface area contributed by atoms with E-state index in [1.807, 2.05) is 6.07 Å². The molecule has 0 saturated carbocycles. The van der Waals surface area contributed by atoms with Gasteiger partial charge >= 0.3 is 0 Å². The van der Waals surface area contributed by atoms with Gasteiger partial charge in [-0.3, -0.25) is 0 Å². The Bertz CT molecular complexity index is 574. The summed E-state index contributed by atoms with van der Waals surface area (Å²) in [5.41, 5.74) is 2.17. The summed E-state index contributed by atoms with van der Waals surface area (Å²) in [5, 5.41) is 3.12. The van der Waals surface area contributed by atoms with Crippen LogP contribution in [0.2, 0.25) is 0 Å². The van der Waals surface area contributed by atoms with E-state index in [2.05, 4.69) is 15.3 Å². The predicted octanol–water partition coefficient (Wildman–Crippen LogP) is 2.24. The fourth-order valence-corrected chi connectivity index (χ4v) is 1.90. The highest BCUT2D eigenvalue weighted by Gasteiger charge is 2.15. The van der Waals surface area contributed by atoms with E-state index in [0.29, 0.717) is 11.4 Å². The summed E-state index contributed by atoms with van der Waals surface area (Å²) in [6.45, 7) is 1.74. The zero-order chi connectivity index (χ0) is 13.8. The maximum absolute atomic E-state index is 13.7. The Labute approximate surface area is 111 Å². The van der Waals surface area contributed by atoms with Crippen LogP contribution < -0.4 is 10.1 Å². The number of hydrogen-bond donors (Lipinski definition) is 1. The summed E-state index contributed by atoms with van der Waals surface area (Å²) < 4.78 is 18.7. The number of aryl methyl sites for hydroxylation is 1. The molecule has 1 aromatic carbocycles. The van der Waals surface area contributed by atoms with Gasteiger partial charge in [0.1, 0.15) is 12.1 Å². The van der Waals surface area contributed by atoms with Crippen LogP contribution in [0.3, 0.4) is 0 Å². The van der Waals surface area contributed by atoms with Crippen molar-refractivity contribution in [3.8, 4) is 5.88 Å². The molecule has 1 atom stereocenters. The zero-order valence-corrected chi connectivity index (χ0v) is 11.1. The molecule has 0 amide bonds. The smallest absolute Gasteiger partial charge is 0.216 e. The number of halogens is 1. The molecule has 0 aliphatic carbocycles. The van der Waals surface area contributed by atoms with Crippen molar-refractivity contribution in [2.45, 2.75) is 13.0 Å². The van der Waals surface area contributed by atoms with Gasteiger partial charge in [-0.25, -0.2) is 14.4 Å². The molecule has 4 nitrogen and oxygen atoms in total. The summed E-state index contributed by atoms with van der Waals surface area (Å²) in [6.07, 6.45) is 1.43. The first kappa shape index (κ1) is 13.4. The lowest BCUT2D eigenvalue weighted by molar-refractivity contribution is 0.395. The minimum atomic E-state index is -0.223. The van der Waals surface area contributed by atoms with E-state index >= 15 is 0 Å². The highest BCUT2D eigenvalue weighted by molar-refractivity contribution is 5.32. The van der Waals surface area contributed by atoms with Crippen LogP contribution in [0.4, 0.5) is 4.39 Å². The van der Waals surface area contributed by atoms with E-state index in [4.69, 9.17) is 4.74 Å². The molecule has 0 fully saturated rings. The Hall–Kier alpha value is -2.01. The Balaban J connectivity index is 2.40. The monoisotopic (exact) mass is 261 g/mol. The van der Waals surface area contributed by atoms with Crippen molar-refractivity contribution in [1.82, 2.24) is 15.3 Å². The first-order chi connectivity index (χ1) is 9.15. The molecule has 0 saturated heterocycles. The third-order valence-corrected chi connectivity index (χ3v) is 2.99. The quantitative estimate of drug-likeness (QED) is 0.917. The van der Waals surface area contributed by atoms with Gasteiger partial charge in [-0.05, 0) is 31.2 Å². The summed E-state index contributed by atoms with van der Waals surface area (Å²) in [4.78, 5) is 8.18. The van der Waals surface area contributed by atoms with Gasteiger partial charge in [0.2, 0.25) is 5.88 Å². The standard InChI is InChI=1S/C14H16FN3O/c1-9-4-5-10(6-11(9)15)14(16-2)12-7-13(19-3)18-8-17-12/h4-8,14,16H,1-3H3. The molecule has 0 aliphatic heterocycles. The third-order valence-electron chi connectivity index (χ3n) is 2.99. The van der Waals surface area contributed by atoms with Gasteiger partial charge in [0.05, 0.1) is 18.8 Å². The molecule has 1 aromatic heterocycles. The lowest BCUT2D eigenvalue weighted by Gasteiger charge is -2.17. The molecule has 1 heterocycles. The lowest BCUT2D eigenvalue weighted by atomic mass is 10.0. The number of nitrogens with one attached hydrogen (secondary N) is 1. The second-order valence-corrected chi connectivity index (χ2v) is 4.22. The zero-order valence-electron chi connectivity index (χ0n) is 11.1. The highest BCUT2D eigenvalue weighted by Crippen LogP contribution is 2.23. The van der Waals surface area contributed by atoms with Crippen LogP contribution in [0, 0.1) is 12.7 Å². The molecule has 2 rings (SSSR count). The molecule has 1 unspecified atom stereocenters. The second-order valence-electron chi connectivity index (χ2n) is 4.22. The van der Waals surface area contributed by atoms with E-state index < -0.39 is 0 Å². The lowest BCUT2D eigenvalue weighted by Crippen LogP contribution is -2.19. The van der Waals surface area contributed by atoms with Crippen molar-refractivity contribution in [1.29, 1.82) is 0 Å². The van der Waals surface area contributed by atoms with E-state index in [0.717, 1.165) is 11.3 Å². The fraction of sp³-hybridized carbons (Fsp3) is 0.286. The number of rotatable bonds is 4. The van der Waals surface area contributed by atoms with Crippen molar-refractivity contribution in [2.24, 2.45) is 0 Å². The van der Waals surface area contributed by atoms with Crippen LogP contribution in [0.25, 0.3) is 0 Å². The number of ether oxygens (including phenoxy) is 1. The van der Waals surface area contributed by atoms with E-state index in [1.54, 1.807) is 33.2 Å². The molecular formula is C14H16FN3O. The van der Waals surface area contributed by atoms with E-state index in [-0.39, 0.29) is 11.9 Å². The Kier molecular flexibility index (Phi) is 4.06. The van der Waals surface area contributed by atoms with Crippen molar-refractivity contribution in [3.05, 3.63) is 53.2 Å². The molecule has 0 bridgehead atoms. The molecule has 100 valence electrons. The topological polar surface area (TPSA) is 47.0 Å². The number of methoxy groups -OCH3 is 1. The second kappa shape index (κ2) is 5.75. The summed E-state index contributed by atoms with van der Waals surface area (Å²) in [5.74, 6) is 0.261. The fourth-order valence-electron chi connectivity index (χ4n) is 1.90. The minimum Gasteiger partial charge on any atom is -0.481 e. The van der Waals surface area contributed by atoms with Gasteiger partial charge < -0.3 is 10.1 Å². The maximum Gasteiger partial charge on any atom is 0.216 e. The van der Waals surface area contributed by atoms with Crippen molar-refractivity contribution >= 4 is 0 Å². The van der Waals surface area contributed by atoms with Gasteiger partial charge in [-0.15, -0.1) is 0 Å². The number of aromatic nitrogens is 2. The molecule has 19 heavy (non-hydrogen) atoms. The van der Waals surface area contributed by atoms with E-state index in [1.165, 1.54) is 12.4 Å². The molecule has 0 radical (unpaired) electrons. The van der Waals surface area contributed by atoms with Crippen molar-refractivity contribution in [2.75, 3.05) is 14.2 Å². The molecule has 0 aliphatic rings. The van der Waals surface area contributed by atoms with Gasteiger partial charge in [-0.2, -0.15) is 0 Å². The molecule has 2 aromatic rings. The van der Waals surface area contributed by atoms with Crippen LogP contribution in [0.1, 0.15) is 22.9 Å². The Morgan fingerprint density at radius 2 is 2.05 bits per heavy atom. The summed E-state index contributed by atoms with van der Waals surface area (Å²) in [7, 11) is 3.35. The maximum atomic E-state index is 13.7. The number of nitrogens with zero attached hydrogens (tertiary/aromatic N) is 2. The van der Waals surface area contributed by atoms with Crippen LogP contribution in [0.5, 0.6) is 5.88 Å². The predicted molar refractivity (Wildman–Crippen MR) is 70.6 cm³/mol. The van der Waals surface area contributed by atoms with Crippen LogP contribution in [-0.2, 0) is 0 Å². The normalized spacial score (nSPS) is 12.2. The Morgan fingerprint density at radius 3 is 2.68 bits per heavy atom. The van der Waals surface area contributed by atoms with Gasteiger partial charge in [0.25, 0.3) is 0 Å². The average molecular weight is 261 g/mol. The number of hydrogen-bond acceptors (Lipinski definition) is 4. The van der Waals surface area contributed by atoms with Crippen molar-refractivity contribution < 1.29 is 9.13 Å². The van der Waals surface area contributed by atoms with Crippen molar-refractivity contribution in [3.63, 3.8) is 0 Å². The third kappa shape index (κ3) is 2.88. The molecular weight excluding hydrogens is 245 g/mol. The van der Waals surface area contributed by atoms with E-state index in [9.17, 15) is 4.39 Å². The minimum absolute atomic E-state index is 0.202. The molecule has 1 N–H and O–H groups in total. The molecule has 5 heteroatoms. The first-order valence-electron chi connectivity index (χ1n) is 5.95. The highest BCUT2D eigenvalue weighted by atomic mass is 19.1. The van der Waals surface area contributed by atoms with Gasteiger partial charge in [0.15, 0.2) is 0 Å².